The van der Waals surface area contributed by atoms with E-state index < -0.39 is 18.5 Å². The molecule has 3 rings (SSSR count). The topological polar surface area (TPSA) is 88.4 Å². The molecule has 1 aromatic heterocycles. The number of anilines is 1. The average Bonchev–Trinajstić information content (AvgIpc) is 3.24. The van der Waals surface area contributed by atoms with Crippen LogP contribution in [0.5, 0.6) is 5.75 Å². The van der Waals surface area contributed by atoms with Crippen LogP contribution in [0.1, 0.15) is 48.8 Å². The van der Waals surface area contributed by atoms with E-state index in [1.54, 1.807) is 6.07 Å². The second kappa shape index (κ2) is 8.66. The van der Waals surface area contributed by atoms with Gasteiger partial charge in [-0.25, -0.2) is 4.79 Å². The first kappa shape index (κ1) is 20.9. The number of ether oxygens (including phenoxy) is 2. The summed E-state index contributed by atoms with van der Waals surface area (Å²) < 4.78 is 10.6. The van der Waals surface area contributed by atoms with Crippen LogP contribution in [-0.4, -0.2) is 25.1 Å². The van der Waals surface area contributed by atoms with E-state index in [0.29, 0.717) is 16.3 Å². The van der Waals surface area contributed by atoms with Gasteiger partial charge in [-0.15, -0.1) is 11.3 Å². The zero-order valence-corrected chi connectivity index (χ0v) is 17.6. The minimum atomic E-state index is -0.627. The average molecular weight is 413 g/mol. The number of amides is 1. The van der Waals surface area contributed by atoms with Crippen molar-refractivity contribution in [2.75, 3.05) is 18.5 Å². The number of para-hydroxylation sites is 1. The monoisotopic (exact) mass is 412 g/mol. The van der Waals surface area contributed by atoms with E-state index in [-0.39, 0.29) is 12.0 Å². The number of nitrogens with one attached hydrogen (secondary N) is 1. The molecule has 7 heteroatoms. The van der Waals surface area contributed by atoms with Crippen LogP contribution in [0.15, 0.2) is 24.3 Å². The third-order valence-corrected chi connectivity index (χ3v) is 5.90. The molecular weight excluding hydrogens is 388 g/mol. The fourth-order valence-corrected chi connectivity index (χ4v) is 4.57. The Balaban J connectivity index is 1.51. The van der Waals surface area contributed by atoms with Gasteiger partial charge in [-0.05, 0) is 41.9 Å². The Labute approximate surface area is 174 Å². The van der Waals surface area contributed by atoms with Crippen LogP contribution in [0.2, 0.25) is 0 Å². The number of nitrogens with zero attached hydrogens (tertiary/aromatic N) is 1. The fourth-order valence-electron chi connectivity index (χ4n) is 3.31. The first-order valence-electron chi connectivity index (χ1n) is 9.52. The Hall–Kier alpha value is -2.85. The molecule has 0 spiro atoms. The van der Waals surface area contributed by atoms with Crippen molar-refractivity contribution in [1.82, 2.24) is 0 Å². The number of fused-ring (bicyclic) bond motifs is 1. The predicted octanol–water partition coefficient (Wildman–Crippen LogP) is 3.97. The summed E-state index contributed by atoms with van der Waals surface area (Å²) in [6.45, 7) is 5.49. The summed E-state index contributed by atoms with van der Waals surface area (Å²) in [6, 6.07) is 9.70. The van der Waals surface area contributed by atoms with E-state index in [4.69, 9.17) is 9.47 Å². The Morgan fingerprint density at radius 1 is 1.21 bits per heavy atom. The molecule has 29 heavy (non-hydrogen) atoms. The van der Waals surface area contributed by atoms with Gasteiger partial charge in [0, 0.05) is 4.88 Å². The number of hydrogen-bond acceptors (Lipinski definition) is 6. The van der Waals surface area contributed by atoms with E-state index in [9.17, 15) is 14.9 Å². The molecule has 0 aliphatic heterocycles. The minimum Gasteiger partial charge on any atom is -0.482 e. The second-order valence-electron chi connectivity index (χ2n) is 7.92. The maximum absolute atomic E-state index is 12.1. The molecule has 1 N–H and O–H groups in total. The summed E-state index contributed by atoms with van der Waals surface area (Å²) in [5, 5.41) is 12.6. The van der Waals surface area contributed by atoms with Crippen molar-refractivity contribution in [1.29, 1.82) is 5.26 Å². The lowest BCUT2D eigenvalue weighted by atomic mass is 9.86. The standard InChI is InChI=1S/C22H24N2O4S/c1-22(2,3)16-8-4-5-9-17(16)27-13-20(26)28-12-19(25)24-21-15(11-23)14-7-6-10-18(14)29-21/h4-5,8-9H,6-7,10,12-13H2,1-3H3,(H,24,25). The maximum atomic E-state index is 12.1. The molecule has 0 saturated heterocycles. The second-order valence-corrected chi connectivity index (χ2v) is 9.02. The first-order chi connectivity index (χ1) is 13.8. The summed E-state index contributed by atoms with van der Waals surface area (Å²) >= 11 is 1.43. The Morgan fingerprint density at radius 2 is 1.97 bits per heavy atom. The van der Waals surface area contributed by atoms with Crippen LogP contribution >= 0.6 is 11.3 Å². The van der Waals surface area contributed by atoms with Crippen LogP contribution in [-0.2, 0) is 32.6 Å². The number of esters is 1. The van der Waals surface area contributed by atoms with E-state index in [1.807, 2.05) is 18.2 Å². The van der Waals surface area contributed by atoms with Gasteiger partial charge in [-0.3, -0.25) is 4.79 Å². The van der Waals surface area contributed by atoms with Gasteiger partial charge in [0.25, 0.3) is 5.91 Å². The highest BCUT2D eigenvalue weighted by Gasteiger charge is 2.23. The molecule has 0 radical (unpaired) electrons. The number of carbonyl (C=O) groups is 2. The molecule has 1 aliphatic rings. The van der Waals surface area contributed by atoms with Crippen molar-refractivity contribution in [2.24, 2.45) is 0 Å². The quantitative estimate of drug-likeness (QED) is 0.726. The Kier molecular flexibility index (Phi) is 6.23. The van der Waals surface area contributed by atoms with Crippen LogP contribution in [0.25, 0.3) is 0 Å². The molecular formula is C22H24N2O4S. The third kappa shape index (κ3) is 4.96. The van der Waals surface area contributed by atoms with Gasteiger partial charge in [-0.2, -0.15) is 5.26 Å². The Morgan fingerprint density at radius 3 is 2.69 bits per heavy atom. The lowest BCUT2D eigenvalue weighted by Crippen LogP contribution is -2.24. The van der Waals surface area contributed by atoms with E-state index in [1.165, 1.54) is 11.3 Å². The summed E-state index contributed by atoms with van der Waals surface area (Å²) in [6.07, 6.45) is 2.85. The van der Waals surface area contributed by atoms with Gasteiger partial charge < -0.3 is 14.8 Å². The molecule has 1 amide bonds. The van der Waals surface area contributed by atoms with Gasteiger partial charge >= 0.3 is 5.97 Å². The predicted molar refractivity (Wildman–Crippen MR) is 111 cm³/mol. The van der Waals surface area contributed by atoms with Crippen molar-refractivity contribution in [3.63, 3.8) is 0 Å². The molecule has 1 aromatic carbocycles. The van der Waals surface area contributed by atoms with E-state index >= 15 is 0 Å². The smallest absolute Gasteiger partial charge is 0.344 e. The fraction of sp³-hybridized carbons (Fsp3) is 0.409. The molecule has 0 bridgehead atoms. The third-order valence-electron chi connectivity index (χ3n) is 4.69. The van der Waals surface area contributed by atoms with Gasteiger partial charge in [0.1, 0.15) is 16.8 Å². The molecule has 0 atom stereocenters. The van der Waals surface area contributed by atoms with E-state index in [2.05, 4.69) is 32.2 Å². The molecule has 6 nitrogen and oxygen atoms in total. The SMILES string of the molecule is CC(C)(C)c1ccccc1OCC(=O)OCC(=O)Nc1sc2c(c1C#N)CCC2. The van der Waals surface area contributed by atoms with Crippen LogP contribution < -0.4 is 10.1 Å². The lowest BCUT2D eigenvalue weighted by molar-refractivity contribution is -0.149. The molecule has 2 aromatic rings. The summed E-state index contributed by atoms with van der Waals surface area (Å²) in [4.78, 5) is 25.3. The van der Waals surface area contributed by atoms with Gasteiger partial charge in [0.2, 0.25) is 0 Å². The number of aryl methyl sites for hydroxylation is 1. The van der Waals surface area contributed by atoms with Crippen LogP contribution in [0.4, 0.5) is 5.00 Å². The van der Waals surface area contributed by atoms with Gasteiger partial charge in [-0.1, -0.05) is 39.0 Å². The molecule has 0 saturated carbocycles. The van der Waals surface area contributed by atoms with Crippen LogP contribution in [0, 0.1) is 11.3 Å². The number of hydrogen-bond donors (Lipinski definition) is 1. The highest BCUT2D eigenvalue weighted by molar-refractivity contribution is 7.16. The largest absolute Gasteiger partial charge is 0.482 e. The highest BCUT2D eigenvalue weighted by atomic mass is 32.1. The van der Waals surface area contributed by atoms with Gasteiger partial charge in [0.15, 0.2) is 13.2 Å². The summed E-state index contributed by atoms with van der Waals surface area (Å²) in [5.74, 6) is -0.476. The van der Waals surface area contributed by atoms with Crippen molar-refractivity contribution >= 4 is 28.2 Å². The first-order valence-corrected chi connectivity index (χ1v) is 10.3. The maximum Gasteiger partial charge on any atom is 0.344 e. The highest BCUT2D eigenvalue weighted by Crippen LogP contribution is 2.38. The van der Waals surface area contributed by atoms with Crippen molar-refractivity contribution < 1.29 is 19.1 Å². The number of benzene rings is 1. The molecule has 1 heterocycles. The molecule has 152 valence electrons. The van der Waals surface area contributed by atoms with Crippen molar-refractivity contribution in [3.8, 4) is 11.8 Å². The van der Waals surface area contributed by atoms with Gasteiger partial charge in [0.05, 0.1) is 5.56 Å². The zero-order chi connectivity index (χ0) is 21.0. The number of thiophene rings is 1. The minimum absolute atomic E-state index is 0.125. The molecule has 1 aliphatic carbocycles. The number of rotatable bonds is 6. The Bertz CT molecular complexity index is 966. The van der Waals surface area contributed by atoms with Crippen molar-refractivity contribution in [2.45, 2.75) is 45.4 Å². The van der Waals surface area contributed by atoms with Crippen molar-refractivity contribution in [3.05, 3.63) is 45.8 Å². The molecule has 0 fully saturated rings. The summed E-state index contributed by atoms with van der Waals surface area (Å²) in [7, 11) is 0. The van der Waals surface area contributed by atoms with Crippen LogP contribution in [0.3, 0.4) is 0 Å². The zero-order valence-electron chi connectivity index (χ0n) is 16.8. The normalized spacial score (nSPS) is 12.8. The number of carbonyl (C=O) groups excluding carboxylic acids is 2. The summed E-state index contributed by atoms with van der Waals surface area (Å²) in [5.41, 5.74) is 2.43. The lowest BCUT2D eigenvalue weighted by Gasteiger charge is -2.22. The number of nitriles is 1. The van der Waals surface area contributed by atoms with E-state index in [0.717, 1.165) is 35.3 Å². The molecule has 0 unspecified atom stereocenters.